The van der Waals surface area contributed by atoms with Gasteiger partial charge in [-0.2, -0.15) is 18.4 Å². The molecule has 1 aromatic carbocycles. The molecule has 0 amide bonds. The lowest BCUT2D eigenvalue weighted by Gasteiger charge is -2.44. The molecule has 2 aromatic rings. The van der Waals surface area contributed by atoms with Gasteiger partial charge in [-0.1, -0.05) is 25.4 Å². The second-order valence-corrected chi connectivity index (χ2v) is 10.8. The van der Waals surface area contributed by atoms with E-state index in [4.69, 9.17) is 17.3 Å². The largest absolute Gasteiger partial charge is 0.418 e. The van der Waals surface area contributed by atoms with Gasteiger partial charge in [0, 0.05) is 32.5 Å². The van der Waals surface area contributed by atoms with Gasteiger partial charge in [0.2, 0.25) is 0 Å². The summed E-state index contributed by atoms with van der Waals surface area (Å²) in [7, 11) is 0. The normalized spacial score (nSPS) is 20.7. The van der Waals surface area contributed by atoms with Crippen LogP contribution in [-0.2, 0) is 11.0 Å². The van der Waals surface area contributed by atoms with Crippen molar-refractivity contribution in [3.05, 3.63) is 73.3 Å². The zero-order valence-electron chi connectivity index (χ0n) is 18.2. The minimum Gasteiger partial charge on any atom is -0.384 e. The summed E-state index contributed by atoms with van der Waals surface area (Å²) in [6, 6.07) is 9.22. The molecule has 0 spiro atoms. The Morgan fingerprint density at radius 2 is 1.94 bits per heavy atom. The fraction of sp³-hybridized carbons (Fsp3) is 0.333. The van der Waals surface area contributed by atoms with Crippen LogP contribution >= 0.6 is 22.9 Å². The van der Waals surface area contributed by atoms with Crippen molar-refractivity contribution in [2.75, 3.05) is 4.90 Å². The second-order valence-electron chi connectivity index (χ2n) is 9.09. The molecule has 1 atom stereocenters. The van der Waals surface area contributed by atoms with Crippen molar-refractivity contribution in [3.8, 4) is 6.07 Å². The number of nitrogens with two attached hydrogens (primary N) is 1. The maximum Gasteiger partial charge on any atom is 0.418 e. The van der Waals surface area contributed by atoms with Crippen molar-refractivity contribution in [1.29, 1.82) is 5.26 Å². The molecule has 0 fully saturated rings. The summed E-state index contributed by atoms with van der Waals surface area (Å²) in [6.07, 6.45) is -4.16. The Morgan fingerprint density at radius 1 is 1.24 bits per heavy atom. The van der Waals surface area contributed by atoms with Crippen LogP contribution in [0.2, 0.25) is 5.02 Å². The number of nitriles is 1. The van der Waals surface area contributed by atoms with Crippen molar-refractivity contribution in [3.63, 3.8) is 0 Å². The first-order valence-electron chi connectivity index (χ1n) is 10.2. The summed E-state index contributed by atoms with van der Waals surface area (Å²) >= 11 is 7.32. The van der Waals surface area contributed by atoms with E-state index in [-0.39, 0.29) is 34.3 Å². The van der Waals surface area contributed by atoms with Crippen LogP contribution in [-0.4, -0.2) is 5.78 Å². The van der Waals surface area contributed by atoms with Gasteiger partial charge in [0.05, 0.1) is 28.8 Å². The van der Waals surface area contributed by atoms with Gasteiger partial charge in [-0.3, -0.25) is 9.69 Å². The van der Waals surface area contributed by atoms with Crippen molar-refractivity contribution in [2.45, 2.75) is 45.7 Å². The number of alkyl halides is 3. The topological polar surface area (TPSA) is 70.1 Å². The highest BCUT2D eigenvalue weighted by Crippen LogP contribution is 2.52. The van der Waals surface area contributed by atoms with Gasteiger partial charge >= 0.3 is 6.18 Å². The molecule has 1 aliphatic carbocycles. The zero-order valence-corrected chi connectivity index (χ0v) is 19.8. The Kier molecular flexibility index (Phi) is 5.62. The lowest BCUT2D eigenvalue weighted by atomic mass is 9.69. The van der Waals surface area contributed by atoms with Gasteiger partial charge in [-0.15, -0.1) is 11.3 Å². The minimum atomic E-state index is -4.72. The Labute approximate surface area is 198 Å². The van der Waals surface area contributed by atoms with Crippen LogP contribution < -0.4 is 10.6 Å². The molecule has 4 rings (SSSR count). The van der Waals surface area contributed by atoms with Crippen molar-refractivity contribution in [2.24, 2.45) is 11.1 Å². The van der Waals surface area contributed by atoms with E-state index in [1.54, 1.807) is 0 Å². The van der Waals surface area contributed by atoms with Crippen LogP contribution in [0.4, 0.5) is 18.9 Å². The molecule has 2 N–H and O–H groups in total. The molecule has 0 radical (unpaired) electrons. The molecule has 172 valence electrons. The molecule has 0 saturated carbocycles. The number of thiophene rings is 1. The number of hydrogen-bond donors (Lipinski definition) is 1. The number of rotatable bonds is 2. The number of allylic oxidation sites excluding steroid dienone is 3. The standard InChI is InChI=1S/C24H21ClF3N3OS/c1-12-4-7-19(33-12)20-14(11-29)22(30)31(17-9-23(2,3)10-18(32)21(17)20)16-6-5-13(25)8-15(16)24(26,27)28/h4-8,20H,9-10,30H2,1-3H3. The number of nitrogens with zero attached hydrogens (tertiary/aromatic N) is 2. The van der Waals surface area contributed by atoms with E-state index >= 15 is 0 Å². The van der Waals surface area contributed by atoms with Gasteiger partial charge in [0.25, 0.3) is 0 Å². The summed E-state index contributed by atoms with van der Waals surface area (Å²) < 4.78 is 42.0. The monoisotopic (exact) mass is 491 g/mol. The van der Waals surface area contributed by atoms with Crippen LogP contribution in [0.3, 0.4) is 0 Å². The van der Waals surface area contributed by atoms with E-state index in [9.17, 15) is 23.2 Å². The Balaban J connectivity index is 2.05. The minimum absolute atomic E-state index is 0.0618. The fourth-order valence-corrected chi connectivity index (χ4v) is 5.78. The molecular formula is C24H21ClF3N3OS. The summed E-state index contributed by atoms with van der Waals surface area (Å²) in [5, 5.41) is 9.95. The van der Waals surface area contributed by atoms with Gasteiger partial charge < -0.3 is 5.73 Å². The fourth-order valence-electron chi connectivity index (χ4n) is 4.61. The highest BCUT2D eigenvalue weighted by atomic mass is 35.5. The highest BCUT2D eigenvalue weighted by Gasteiger charge is 2.46. The molecule has 2 aliphatic rings. The molecular weight excluding hydrogens is 471 g/mol. The van der Waals surface area contributed by atoms with E-state index in [0.29, 0.717) is 17.7 Å². The maximum absolute atomic E-state index is 14.0. The third-order valence-corrected chi connectivity index (χ3v) is 7.23. The van der Waals surface area contributed by atoms with E-state index in [1.807, 2.05) is 32.9 Å². The lowest BCUT2D eigenvalue weighted by Crippen LogP contribution is -2.42. The van der Waals surface area contributed by atoms with Crippen LogP contribution in [0.5, 0.6) is 0 Å². The van der Waals surface area contributed by atoms with E-state index in [2.05, 4.69) is 6.07 Å². The number of Topliss-reactive ketones (excluding diaryl/α,β-unsaturated/α-hetero) is 1. The molecule has 1 aliphatic heterocycles. The van der Waals surface area contributed by atoms with Crippen molar-refractivity contribution < 1.29 is 18.0 Å². The SMILES string of the molecule is Cc1ccc(C2C(C#N)=C(N)N(c3ccc(Cl)cc3C(F)(F)F)C3=C2C(=O)CC(C)(C)C3)s1. The van der Waals surface area contributed by atoms with Gasteiger partial charge in [0.1, 0.15) is 5.82 Å². The summed E-state index contributed by atoms with van der Waals surface area (Å²) in [5.74, 6) is -0.999. The van der Waals surface area contributed by atoms with Crippen molar-refractivity contribution in [1.82, 2.24) is 0 Å². The number of aryl methyl sites for hydroxylation is 1. The van der Waals surface area contributed by atoms with Crippen LogP contribution in [0, 0.1) is 23.7 Å². The molecule has 33 heavy (non-hydrogen) atoms. The van der Waals surface area contributed by atoms with Gasteiger partial charge in [-0.05, 0) is 49.1 Å². The highest BCUT2D eigenvalue weighted by molar-refractivity contribution is 7.12. The number of ketones is 1. The Hall–Kier alpha value is -2.76. The Bertz CT molecular complexity index is 1270. The number of benzene rings is 1. The predicted molar refractivity (Wildman–Crippen MR) is 123 cm³/mol. The molecule has 1 aromatic heterocycles. The number of halogens is 4. The molecule has 0 bridgehead atoms. The quantitative estimate of drug-likeness (QED) is 0.509. The van der Waals surface area contributed by atoms with Crippen LogP contribution in [0.25, 0.3) is 0 Å². The van der Waals surface area contributed by atoms with Crippen LogP contribution in [0.1, 0.15) is 47.9 Å². The predicted octanol–water partition coefficient (Wildman–Crippen LogP) is 6.67. The first kappa shape index (κ1) is 23.4. The van der Waals surface area contributed by atoms with Crippen LogP contribution in [0.15, 0.2) is 53.0 Å². The van der Waals surface area contributed by atoms with Gasteiger partial charge in [-0.25, -0.2) is 0 Å². The number of anilines is 1. The zero-order chi connectivity index (χ0) is 24.3. The van der Waals surface area contributed by atoms with E-state index in [1.165, 1.54) is 28.4 Å². The number of carbonyl (C=O) groups is 1. The van der Waals surface area contributed by atoms with Crippen molar-refractivity contribution >= 4 is 34.4 Å². The average Bonchev–Trinajstić information content (AvgIpc) is 3.12. The smallest absolute Gasteiger partial charge is 0.384 e. The van der Waals surface area contributed by atoms with E-state index < -0.39 is 23.1 Å². The first-order valence-corrected chi connectivity index (χ1v) is 11.4. The summed E-state index contributed by atoms with van der Waals surface area (Å²) in [4.78, 5) is 16.4. The molecule has 0 saturated heterocycles. The molecule has 2 heterocycles. The molecule has 1 unspecified atom stereocenters. The lowest BCUT2D eigenvalue weighted by molar-refractivity contribution is -0.137. The number of carbonyl (C=O) groups excluding carboxylic acids is 1. The molecule has 4 nitrogen and oxygen atoms in total. The van der Waals surface area contributed by atoms with E-state index in [0.717, 1.165) is 15.8 Å². The third-order valence-electron chi connectivity index (χ3n) is 5.93. The summed E-state index contributed by atoms with van der Waals surface area (Å²) in [6.45, 7) is 5.69. The average molecular weight is 492 g/mol. The number of hydrogen-bond acceptors (Lipinski definition) is 5. The second kappa shape index (κ2) is 7.93. The summed E-state index contributed by atoms with van der Waals surface area (Å²) in [5.41, 5.74) is 5.51. The first-order chi connectivity index (χ1) is 15.3. The maximum atomic E-state index is 14.0. The Morgan fingerprint density at radius 3 is 2.52 bits per heavy atom. The van der Waals surface area contributed by atoms with Gasteiger partial charge in [0.15, 0.2) is 5.78 Å². The third kappa shape index (κ3) is 4.04. The molecule has 9 heteroatoms.